The second-order valence-corrected chi connectivity index (χ2v) is 2.78. The maximum Gasteiger partial charge on any atom is 0.0757 e. The van der Waals surface area contributed by atoms with Gasteiger partial charge < -0.3 is 0 Å². The molecule has 12 heavy (non-hydrogen) atoms. The van der Waals surface area contributed by atoms with Crippen LogP contribution in [0, 0.1) is 17.2 Å². The minimum absolute atomic E-state index is 0.0513. The van der Waals surface area contributed by atoms with Crippen LogP contribution in [0.15, 0.2) is 10.2 Å². The van der Waals surface area contributed by atoms with Crippen molar-refractivity contribution >= 4 is 0 Å². The first-order chi connectivity index (χ1) is 5.85. The number of hydrogen-bond donors (Lipinski definition) is 0. The van der Waals surface area contributed by atoms with Crippen molar-refractivity contribution in [2.24, 2.45) is 16.1 Å². The molecule has 0 aromatic rings. The molecule has 0 fully saturated rings. The standard InChI is InChI=1S/C9H17N3/c1-3-5-6-11-12-8-9(4-2)7-10/h9H,3-6,8H2,1-2H3. The third kappa shape index (κ3) is 5.84. The average Bonchev–Trinajstić information content (AvgIpc) is 2.11. The molecule has 0 aliphatic heterocycles. The molecule has 0 amide bonds. The monoisotopic (exact) mass is 167 g/mol. The van der Waals surface area contributed by atoms with Crippen molar-refractivity contribution in [3.05, 3.63) is 0 Å². The Morgan fingerprint density at radius 2 is 2.08 bits per heavy atom. The van der Waals surface area contributed by atoms with E-state index in [0.29, 0.717) is 6.54 Å². The predicted octanol–water partition coefficient (Wildman–Crippen LogP) is 2.79. The molecule has 0 N–H and O–H groups in total. The van der Waals surface area contributed by atoms with E-state index in [1.807, 2.05) is 6.92 Å². The average molecular weight is 167 g/mol. The zero-order valence-corrected chi connectivity index (χ0v) is 7.95. The smallest absolute Gasteiger partial charge is 0.0757 e. The van der Waals surface area contributed by atoms with E-state index in [-0.39, 0.29) is 5.92 Å². The van der Waals surface area contributed by atoms with Crippen LogP contribution in [-0.2, 0) is 0 Å². The summed E-state index contributed by atoms with van der Waals surface area (Å²) in [7, 11) is 0. The summed E-state index contributed by atoms with van der Waals surface area (Å²) in [6.45, 7) is 5.49. The molecular weight excluding hydrogens is 150 g/mol. The maximum absolute atomic E-state index is 8.58. The van der Waals surface area contributed by atoms with Crippen molar-refractivity contribution in [1.82, 2.24) is 0 Å². The Kier molecular flexibility index (Phi) is 7.57. The van der Waals surface area contributed by atoms with E-state index in [1.54, 1.807) is 0 Å². The topological polar surface area (TPSA) is 48.5 Å². The van der Waals surface area contributed by atoms with E-state index in [2.05, 4.69) is 23.2 Å². The lowest BCUT2D eigenvalue weighted by atomic mass is 10.1. The molecule has 68 valence electrons. The van der Waals surface area contributed by atoms with E-state index in [0.717, 1.165) is 25.8 Å². The van der Waals surface area contributed by atoms with Crippen LogP contribution >= 0.6 is 0 Å². The molecule has 0 aliphatic carbocycles. The van der Waals surface area contributed by atoms with Gasteiger partial charge in [0.05, 0.1) is 25.1 Å². The number of hydrogen-bond acceptors (Lipinski definition) is 3. The summed E-state index contributed by atoms with van der Waals surface area (Å²) in [5.74, 6) is 0.0513. The molecular formula is C9H17N3. The van der Waals surface area contributed by atoms with Gasteiger partial charge in [-0.15, -0.1) is 0 Å². The van der Waals surface area contributed by atoms with Crippen LogP contribution in [0.3, 0.4) is 0 Å². The Morgan fingerprint density at radius 3 is 2.58 bits per heavy atom. The zero-order valence-electron chi connectivity index (χ0n) is 7.95. The van der Waals surface area contributed by atoms with Crippen LogP contribution < -0.4 is 0 Å². The second-order valence-electron chi connectivity index (χ2n) is 2.78. The fourth-order valence-corrected chi connectivity index (χ4v) is 0.717. The highest BCUT2D eigenvalue weighted by atomic mass is 15.1. The third-order valence-corrected chi connectivity index (χ3v) is 1.69. The molecule has 1 atom stereocenters. The van der Waals surface area contributed by atoms with Crippen LogP contribution in [0.1, 0.15) is 33.1 Å². The summed E-state index contributed by atoms with van der Waals surface area (Å²) in [6.07, 6.45) is 3.10. The molecule has 0 spiro atoms. The van der Waals surface area contributed by atoms with Crippen LogP contribution in [0.2, 0.25) is 0 Å². The lowest BCUT2D eigenvalue weighted by molar-refractivity contribution is 0.623. The lowest BCUT2D eigenvalue weighted by Gasteiger charge is -1.97. The van der Waals surface area contributed by atoms with Crippen LogP contribution in [0.25, 0.3) is 0 Å². The zero-order chi connectivity index (χ0) is 9.23. The first-order valence-corrected chi connectivity index (χ1v) is 4.58. The first kappa shape index (κ1) is 11.1. The normalized spacial score (nSPS) is 13.1. The highest BCUT2D eigenvalue weighted by Crippen LogP contribution is 2.00. The van der Waals surface area contributed by atoms with Crippen molar-refractivity contribution in [3.8, 4) is 6.07 Å². The summed E-state index contributed by atoms with van der Waals surface area (Å²) in [5.41, 5.74) is 0. The van der Waals surface area contributed by atoms with E-state index in [4.69, 9.17) is 5.26 Å². The third-order valence-electron chi connectivity index (χ3n) is 1.69. The summed E-state index contributed by atoms with van der Waals surface area (Å²) in [6, 6.07) is 2.19. The number of nitrogens with zero attached hydrogens (tertiary/aromatic N) is 3. The number of nitriles is 1. The van der Waals surface area contributed by atoms with Crippen molar-refractivity contribution in [2.45, 2.75) is 33.1 Å². The second kappa shape index (κ2) is 8.19. The van der Waals surface area contributed by atoms with Crippen molar-refractivity contribution in [3.63, 3.8) is 0 Å². The fraction of sp³-hybridized carbons (Fsp3) is 0.889. The molecule has 1 unspecified atom stereocenters. The first-order valence-electron chi connectivity index (χ1n) is 4.58. The van der Waals surface area contributed by atoms with Gasteiger partial charge in [-0.2, -0.15) is 15.5 Å². The molecule has 3 nitrogen and oxygen atoms in total. The van der Waals surface area contributed by atoms with Crippen molar-refractivity contribution in [2.75, 3.05) is 13.1 Å². The predicted molar refractivity (Wildman–Crippen MR) is 48.9 cm³/mol. The Bertz CT molecular complexity index is 158. The Hall–Kier alpha value is -0.910. The van der Waals surface area contributed by atoms with Gasteiger partial charge in [-0.3, -0.25) is 0 Å². The summed E-state index contributed by atoms with van der Waals surface area (Å²) >= 11 is 0. The van der Waals surface area contributed by atoms with Gasteiger partial charge in [0.2, 0.25) is 0 Å². The SMILES string of the molecule is CCCCN=NCC(C#N)CC. The van der Waals surface area contributed by atoms with Gasteiger partial charge in [0, 0.05) is 0 Å². The molecule has 0 radical (unpaired) electrons. The molecule has 0 saturated carbocycles. The van der Waals surface area contributed by atoms with Gasteiger partial charge >= 0.3 is 0 Å². The highest BCUT2D eigenvalue weighted by Gasteiger charge is 2.00. The molecule has 0 bridgehead atoms. The van der Waals surface area contributed by atoms with Gasteiger partial charge in [0.25, 0.3) is 0 Å². The van der Waals surface area contributed by atoms with Crippen LogP contribution in [0.5, 0.6) is 0 Å². The van der Waals surface area contributed by atoms with Gasteiger partial charge in [0.1, 0.15) is 0 Å². The van der Waals surface area contributed by atoms with Crippen molar-refractivity contribution in [1.29, 1.82) is 5.26 Å². The van der Waals surface area contributed by atoms with E-state index >= 15 is 0 Å². The summed E-state index contributed by atoms with van der Waals surface area (Å²) < 4.78 is 0. The lowest BCUT2D eigenvalue weighted by Crippen LogP contribution is -1.98. The minimum atomic E-state index is 0.0513. The number of azo groups is 1. The summed E-state index contributed by atoms with van der Waals surface area (Å²) in [4.78, 5) is 0. The molecule has 0 aliphatic rings. The quantitative estimate of drug-likeness (QED) is 0.443. The van der Waals surface area contributed by atoms with E-state index in [9.17, 15) is 0 Å². The number of rotatable bonds is 6. The van der Waals surface area contributed by atoms with Gasteiger partial charge in [-0.25, -0.2) is 0 Å². The maximum atomic E-state index is 8.58. The summed E-state index contributed by atoms with van der Waals surface area (Å²) in [5, 5.41) is 16.5. The highest BCUT2D eigenvalue weighted by molar-refractivity contribution is 4.82. The molecule has 0 rings (SSSR count). The van der Waals surface area contributed by atoms with Crippen LogP contribution in [0.4, 0.5) is 0 Å². The molecule has 0 heterocycles. The van der Waals surface area contributed by atoms with Gasteiger partial charge in [0.15, 0.2) is 0 Å². The Labute approximate surface area is 74.5 Å². The largest absolute Gasteiger partial charge is 0.198 e. The van der Waals surface area contributed by atoms with Gasteiger partial charge in [-0.05, 0) is 12.8 Å². The Morgan fingerprint density at radius 1 is 1.33 bits per heavy atom. The van der Waals surface area contributed by atoms with E-state index in [1.165, 1.54) is 0 Å². The molecule has 0 aromatic heterocycles. The molecule has 3 heteroatoms. The minimum Gasteiger partial charge on any atom is -0.198 e. The van der Waals surface area contributed by atoms with E-state index < -0.39 is 0 Å². The van der Waals surface area contributed by atoms with Crippen LogP contribution in [-0.4, -0.2) is 13.1 Å². The van der Waals surface area contributed by atoms with Crippen molar-refractivity contribution < 1.29 is 0 Å². The number of unbranched alkanes of at least 4 members (excludes halogenated alkanes) is 1. The Balaban J connectivity index is 3.39. The fourth-order valence-electron chi connectivity index (χ4n) is 0.717. The molecule has 0 aromatic carbocycles. The molecule has 0 saturated heterocycles. The van der Waals surface area contributed by atoms with Gasteiger partial charge in [-0.1, -0.05) is 20.3 Å².